The Labute approximate surface area is 165 Å². The summed E-state index contributed by atoms with van der Waals surface area (Å²) >= 11 is 0. The van der Waals surface area contributed by atoms with Crippen LogP contribution in [0.1, 0.15) is 18.4 Å². The topological polar surface area (TPSA) is 67.9 Å². The third-order valence-electron chi connectivity index (χ3n) is 4.90. The highest BCUT2D eigenvalue weighted by molar-refractivity contribution is 5.93. The van der Waals surface area contributed by atoms with E-state index < -0.39 is 0 Å². The number of benzene rings is 2. The van der Waals surface area contributed by atoms with Crippen LogP contribution < -0.4 is 10.1 Å². The number of hydrogen-bond donors (Lipinski definition) is 1. The average Bonchev–Trinajstić information content (AvgIpc) is 2.74. The Bertz CT molecular complexity index is 786. The second-order valence-corrected chi connectivity index (χ2v) is 6.84. The summed E-state index contributed by atoms with van der Waals surface area (Å²) in [5, 5.41) is 3.01. The monoisotopic (exact) mass is 382 g/mol. The van der Waals surface area contributed by atoms with Gasteiger partial charge in [-0.1, -0.05) is 36.4 Å². The molecule has 2 aromatic carbocycles. The molecular formula is C22H26N2O4. The van der Waals surface area contributed by atoms with Crippen LogP contribution in [-0.4, -0.2) is 43.5 Å². The fraction of sp³-hybridized carbons (Fsp3) is 0.364. The Kier molecular flexibility index (Phi) is 7.03. The van der Waals surface area contributed by atoms with Crippen LogP contribution in [0.2, 0.25) is 0 Å². The standard InChI is InChI=1S/C22H26N2O4/c1-27-15-18-7-5-6-10-20(18)23-22(26)17-11-13-24(14-12-17)21(25)16-28-19-8-3-2-4-9-19/h2-10,17H,11-16H2,1H3,(H,23,26). The highest BCUT2D eigenvalue weighted by Crippen LogP contribution is 2.22. The summed E-state index contributed by atoms with van der Waals surface area (Å²) in [7, 11) is 1.63. The van der Waals surface area contributed by atoms with E-state index in [-0.39, 0.29) is 24.3 Å². The van der Waals surface area contributed by atoms with E-state index >= 15 is 0 Å². The molecule has 0 saturated carbocycles. The van der Waals surface area contributed by atoms with Crippen LogP contribution in [0.25, 0.3) is 0 Å². The minimum absolute atomic E-state index is 0.00353. The molecule has 0 aromatic heterocycles. The number of methoxy groups -OCH3 is 1. The van der Waals surface area contributed by atoms with Gasteiger partial charge in [-0.25, -0.2) is 0 Å². The predicted molar refractivity (Wildman–Crippen MR) is 107 cm³/mol. The van der Waals surface area contributed by atoms with Gasteiger partial charge in [0.2, 0.25) is 5.91 Å². The van der Waals surface area contributed by atoms with Gasteiger partial charge in [-0.05, 0) is 31.0 Å². The number of carbonyl (C=O) groups excluding carboxylic acids is 2. The molecule has 1 fully saturated rings. The number of amides is 2. The number of likely N-dealkylation sites (tertiary alicyclic amines) is 1. The maximum absolute atomic E-state index is 12.6. The first kappa shape index (κ1) is 19.9. The van der Waals surface area contributed by atoms with E-state index in [4.69, 9.17) is 9.47 Å². The van der Waals surface area contributed by atoms with Crippen molar-refractivity contribution in [3.8, 4) is 5.75 Å². The second-order valence-electron chi connectivity index (χ2n) is 6.84. The van der Waals surface area contributed by atoms with Crippen molar-refractivity contribution in [3.05, 3.63) is 60.2 Å². The molecule has 1 N–H and O–H groups in total. The molecule has 1 saturated heterocycles. The molecule has 0 atom stereocenters. The van der Waals surface area contributed by atoms with Crippen molar-refractivity contribution in [2.45, 2.75) is 19.4 Å². The fourth-order valence-electron chi connectivity index (χ4n) is 3.30. The Hall–Kier alpha value is -2.86. The van der Waals surface area contributed by atoms with Gasteiger partial charge in [-0.15, -0.1) is 0 Å². The van der Waals surface area contributed by atoms with E-state index in [2.05, 4.69) is 5.32 Å². The average molecular weight is 382 g/mol. The molecule has 2 amide bonds. The molecule has 6 heteroatoms. The quantitative estimate of drug-likeness (QED) is 0.799. The molecule has 148 valence electrons. The first-order valence-corrected chi connectivity index (χ1v) is 9.50. The second kappa shape index (κ2) is 9.90. The summed E-state index contributed by atoms with van der Waals surface area (Å²) in [4.78, 5) is 26.7. The maximum Gasteiger partial charge on any atom is 0.260 e. The molecule has 1 heterocycles. The highest BCUT2D eigenvalue weighted by Gasteiger charge is 2.27. The van der Waals surface area contributed by atoms with E-state index in [1.54, 1.807) is 12.0 Å². The molecule has 3 rings (SSSR count). The van der Waals surface area contributed by atoms with E-state index in [0.717, 1.165) is 11.3 Å². The number of ether oxygens (including phenoxy) is 2. The van der Waals surface area contributed by atoms with Crippen molar-refractivity contribution in [1.82, 2.24) is 4.90 Å². The molecule has 0 bridgehead atoms. The normalized spacial score (nSPS) is 14.5. The molecule has 28 heavy (non-hydrogen) atoms. The number of carbonyl (C=O) groups is 2. The fourth-order valence-corrected chi connectivity index (χ4v) is 3.30. The molecule has 6 nitrogen and oxygen atoms in total. The van der Waals surface area contributed by atoms with Crippen molar-refractivity contribution in [3.63, 3.8) is 0 Å². The van der Waals surface area contributed by atoms with Gasteiger partial charge in [0.25, 0.3) is 5.91 Å². The lowest BCUT2D eigenvalue weighted by molar-refractivity contribution is -0.136. The van der Waals surface area contributed by atoms with Crippen LogP contribution >= 0.6 is 0 Å². The third-order valence-corrected chi connectivity index (χ3v) is 4.90. The maximum atomic E-state index is 12.6. The number of para-hydroxylation sites is 2. The van der Waals surface area contributed by atoms with Gasteiger partial charge in [-0.2, -0.15) is 0 Å². The summed E-state index contributed by atoms with van der Waals surface area (Å²) in [5.74, 6) is 0.527. The van der Waals surface area contributed by atoms with Crippen molar-refractivity contribution >= 4 is 17.5 Å². The lowest BCUT2D eigenvalue weighted by atomic mass is 9.95. The number of anilines is 1. The smallest absolute Gasteiger partial charge is 0.260 e. The highest BCUT2D eigenvalue weighted by atomic mass is 16.5. The Morgan fingerprint density at radius 1 is 1.04 bits per heavy atom. The lowest BCUT2D eigenvalue weighted by Gasteiger charge is -2.31. The molecular weight excluding hydrogens is 356 g/mol. The molecule has 0 radical (unpaired) electrons. The van der Waals surface area contributed by atoms with Crippen molar-refractivity contribution < 1.29 is 19.1 Å². The van der Waals surface area contributed by atoms with E-state index in [9.17, 15) is 9.59 Å². The molecule has 0 unspecified atom stereocenters. The van der Waals surface area contributed by atoms with Crippen molar-refractivity contribution in [2.24, 2.45) is 5.92 Å². The Balaban J connectivity index is 1.47. The summed E-state index contributed by atoms with van der Waals surface area (Å²) < 4.78 is 10.7. The van der Waals surface area contributed by atoms with Crippen LogP contribution in [0.3, 0.4) is 0 Å². The lowest BCUT2D eigenvalue weighted by Crippen LogP contribution is -2.43. The third kappa shape index (κ3) is 5.33. The van der Waals surface area contributed by atoms with E-state index in [1.165, 1.54) is 0 Å². The van der Waals surface area contributed by atoms with Crippen LogP contribution in [0.4, 0.5) is 5.69 Å². The minimum atomic E-state index is -0.102. The Morgan fingerprint density at radius 2 is 1.71 bits per heavy atom. The molecule has 0 spiro atoms. The van der Waals surface area contributed by atoms with Crippen molar-refractivity contribution in [1.29, 1.82) is 0 Å². The number of hydrogen-bond acceptors (Lipinski definition) is 4. The van der Waals surface area contributed by atoms with Gasteiger partial charge in [0, 0.05) is 37.4 Å². The molecule has 2 aromatic rings. The van der Waals surface area contributed by atoms with Gasteiger partial charge >= 0.3 is 0 Å². The number of rotatable bonds is 7. The van der Waals surface area contributed by atoms with E-state index in [0.29, 0.717) is 38.3 Å². The van der Waals surface area contributed by atoms with Gasteiger partial charge in [-0.3, -0.25) is 9.59 Å². The van der Waals surface area contributed by atoms with Crippen LogP contribution in [0, 0.1) is 5.92 Å². The SMILES string of the molecule is COCc1ccccc1NC(=O)C1CCN(C(=O)COc2ccccc2)CC1. The van der Waals surface area contributed by atoms with Crippen LogP contribution in [0.5, 0.6) is 5.75 Å². The minimum Gasteiger partial charge on any atom is -0.484 e. The molecule has 1 aliphatic heterocycles. The number of piperidine rings is 1. The molecule has 0 aliphatic carbocycles. The summed E-state index contributed by atoms with van der Waals surface area (Å²) in [5.41, 5.74) is 1.73. The summed E-state index contributed by atoms with van der Waals surface area (Å²) in [6, 6.07) is 16.9. The zero-order valence-electron chi connectivity index (χ0n) is 16.1. The predicted octanol–water partition coefficient (Wildman–Crippen LogP) is 3.09. The Morgan fingerprint density at radius 3 is 2.43 bits per heavy atom. The van der Waals surface area contributed by atoms with Crippen LogP contribution in [0.15, 0.2) is 54.6 Å². The van der Waals surface area contributed by atoms with E-state index in [1.807, 2.05) is 54.6 Å². The largest absolute Gasteiger partial charge is 0.484 e. The summed E-state index contributed by atoms with van der Waals surface area (Å²) in [6.07, 6.45) is 1.30. The number of nitrogens with zero attached hydrogens (tertiary/aromatic N) is 1. The van der Waals surface area contributed by atoms with Gasteiger partial charge < -0.3 is 19.7 Å². The van der Waals surface area contributed by atoms with Gasteiger partial charge in [0.1, 0.15) is 5.75 Å². The number of nitrogens with one attached hydrogen (secondary N) is 1. The molecule has 1 aliphatic rings. The van der Waals surface area contributed by atoms with Gasteiger partial charge in [0.15, 0.2) is 6.61 Å². The zero-order valence-corrected chi connectivity index (χ0v) is 16.1. The first-order valence-electron chi connectivity index (χ1n) is 9.50. The zero-order chi connectivity index (χ0) is 19.8. The van der Waals surface area contributed by atoms with Crippen molar-refractivity contribution in [2.75, 3.05) is 32.1 Å². The van der Waals surface area contributed by atoms with Gasteiger partial charge in [0.05, 0.1) is 6.61 Å². The first-order chi connectivity index (χ1) is 13.7. The summed E-state index contributed by atoms with van der Waals surface area (Å²) in [6.45, 7) is 1.60. The van der Waals surface area contributed by atoms with Crippen LogP contribution in [-0.2, 0) is 20.9 Å².